The molecule has 0 unspecified atom stereocenters. The number of sulfonamides is 1. The molecule has 0 saturated carbocycles. The second kappa shape index (κ2) is 4.63. The first kappa shape index (κ1) is 12.3. The van der Waals surface area contributed by atoms with Gasteiger partial charge in [-0.2, -0.15) is 8.42 Å². The van der Waals surface area contributed by atoms with Crippen molar-refractivity contribution in [2.45, 2.75) is 5.03 Å². The van der Waals surface area contributed by atoms with E-state index in [0.717, 1.165) is 0 Å². The highest BCUT2D eigenvalue weighted by Crippen LogP contribution is 2.24. The molecule has 0 saturated heterocycles. The van der Waals surface area contributed by atoms with E-state index >= 15 is 0 Å². The highest BCUT2D eigenvalue weighted by molar-refractivity contribution is 9.10. The topological polar surface area (TPSA) is 87.7 Å². The lowest BCUT2D eigenvalue weighted by Crippen LogP contribution is -2.13. The molecule has 9 heteroatoms. The summed E-state index contributed by atoms with van der Waals surface area (Å²) in [5, 5.41) is 0.234. The van der Waals surface area contributed by atoms with Gasteiger partial charge in [-0.1, -0.05) is 11.6 Å². The van der Waals surface area contributed by atoms with Crippen LogP contribution in [-0.2, 0) is 10.0 Å². The van der Waals surface area contributed by atoms with E-state index in [1.54, 1.807) is 0 Å². The van der Waals surface area contributed by atoms with Gasteiger partial charge in [0.2, 0.25) is 0 Å². The van der Waals surface area contributed by atoms with Crippen LogP contribution in [0.3, 0.4) is 0 Å². The largest absolute Gasteiger partial charge is 0.334 e. The molecule has 2 aromatic heterocycles. The van der Waals surface area contributed by atoms with Gasteiger partial charge < -0.3 is 4.98 Å². The van der Waals surface area contributed by atoms with Gasteiger partial charge in [-0.25, -0.2) is 9.97 Å². The van der Waals surface area contributed by atoms with Gasteiger partial charge in [-0.05, 0) is 22.0 Å². The molecule has 90 valence electrons. The van der Waals surface area contributed by atoms with Gasteiger partial charge in [0, 0.05) is 0 Å². The van der Waals surface area contributed by atoms with Crippen molar-refractivity contribution in [2.75, 3.05) is 4.72 Å². The van der Waals surface area contributed by atoms with E-state index in [4.69, 9.17) is 11.6 Å². The summed E-state index contributed by atoms with van der Waals surface area (Å²) >= 11 is 8.85. The number of rotatable bonds is 3. The maximum Gasteiger partial charge on any atom is 0.279 e. The fraction of sp³-hybridized carbons (Fsp3) is 0. The third-order valence-electron chi connectivity index (χ3n) is 1.81. The zero-order chi connectivity index (χ0) is 12.5. The Morgan fingerprint density at radius 1 is 1.41 bits per heavy atom. The summed E-state index contributed by atoms with van der Waals surface area (Å²) in [5.74, 6) is 0. The Morgan fingerprint density at radius 2 is 2.18 bits per heavy atom. The number of halogens is 2. The number of aromatic nitrogens is 3. The van der Waals surface area contributed by atoms with Crippen molar-refractivity contribution in [1.29, 1.82) is 0 Å². The lowest BCUT2D eigenvalue weighted by atomic mass is 10.4. The predicted molar refractivity (Wildman–Crippen MR) is 66.3 cm³/mol. The zero-order valence-corrected chi connectivity index (χ0v) is 11.3. The first-order valence-electron chi connectivity index (χ1n) is 4.31. The van der Waals surface area contributed by atoms with Crippen molar-refractivity contribution in [1.82, 2.24) is 15.0 Å². The minimum Gasteiger partial charge on any atom is -0.334 e. The van der Waals surface area contributed by atoms with Crippen LogP contribution in [0.25, 0.3) is 0 Å². The first-order chi connectivity index (χ1) is 7.99. The molecule has 0 aromatic carbocycles. The molecular weight excluding hydrogens is 332 g/mol. The van der Waals surface area contributed by atoms with Gasteiger partial charge in [-0.15, -0.1) is 0 Å². The SMILES string of the molecule is O=S(=O)(Nc1cnc(Cl)c(Br)c1)c1cnc[nH]1. The minimum absolute atomic E-state index is 0.0245. The van der Waals surface area contributed by atoms with Gasteiger partial charge in [0.25, 0.3) is 10.0 Å². The summed E-state index contributed by atoms with van der Waals surface area (Å²) in [4.78, 5) is 9.95. The molecule has 2 heterocycles. The van der Waals surface area contributed by atoms with Crippen LogP contribution in [0.2, 0.25) is 5.15 Å². The van der Waals surface area contributed by atoms with Crippen LogP contribution in [0.15, 0.2) is 34.3 Å². The first-order valence-corrected chi connectivity index (χ1v) is 6.97. The van der Waals surface area contributed by atoms with Gasteiger partial charge in [-0.3, -0.25) is 4.72 Å². The molecule has 0 aliphatic rings. The number of imidazole rings is 1. The Morgan fingerprint density at radius 3 is 2.76 bits per heavy atom. The fourth-order valence-electron chi connectivity index (χ4n) is 1.08. The van der Waals surface area contributed by atoms with Gasteiger partial charge in [0.05, 0.1) is 28.9 Å². The van der Waals surface area contributed by atoms with Gasteiger partial charge in [0.15, 0.2) is 5.03 Å². The van der Waals surface area contributed by atoms with E-state index < -0.39 is 10.0 Å². The standard InChI is InChI=1S/C8H6BrClN4O2S/c9-6-1-5(2-12-8(6)10)14-17(15,16)7-3-11-4-13-7/h1-4,14H,(H,11,13). The molecule has 6 nitrogen and oxygen atoms in total. The molecule has 0 amide bonds. The molecule has 0 spiro atoms. The summed E-state index contributed by atoms with van der Waals surface area (Å²) in [7, 11) is -3.67. The molecular formula is C8H6BrClN4O2S. The number of aromatic amines is 1. The monoisotopic (exact) mass is 336 g/mol. The van der Waals surface area contributed by atoms with E-state index in [9.17, 15) is 8.42 Å². The van der Waals surface area contributed by atoms with Crippen molar-refractivity contribution in [3.63, 3.8) is 0 Å². The maximum absolute atomic E-state index is 11.8. The number of anilines is 1. The molecule has 0 radical (unpaired) electrons. The summed E-state index contributed by atoms with van der Waals surface area (Å²) in [6, 6.07) is 1.52. The van der Waals surface area contributed by atoms with Crippen LogP contribution < -0.4 is 4.72 Å². The van der Waals surface area contributed by atoms with E-state index in [-0.39, 0.29) is 10.2 Å². The second-order valence-corrected chi connectivity index (χ2v) is 5.88. The molecule has 2 N–H and O–H groups in total. The Balaban J connectivity index is 2.30. The molecule has 0 aliphatic heterocycles. The average molecular weight is 338 g/mol. The van der Waals surface area contributed by atoms with Gasteiger partial charge in [0.1, 0.15) is 5.15 Å². The number of nitrogens with zero attached hydrogens (tertiary/aromatic N) is 2. The van der Waals surface area contributed by atoms with Crippen molar-refractivity contribution >= 4 is 43.2 Å². The summed E-state index contributed by atoms with van der Waals surface area (Å²) < 4.78 is 26.4. The van der Waals surface area contributed by atoms with Crippen LogP contribution >= 0.6 is 27.5 Å². The highest BCUT2D eigenvalue weighted by Gasteiger charge is 2.16. The maximum atomic E-state index is 11.8. The molecule has 0 atom stereocenters. The van der Waals surface area contributed by atoms with Crippen LogP contribution in [0.5, 0.6) is 0 Å². The lowest BCUT2D eigenvalue weighted by Gasteiger charge is -2.06. The number of nitrogens with one attached hydrogen (secondary N) is 2. The summed E-state index contributed by atoms with van der Waals surface area (Å²) in [6.45, 7) is 0. The van der Waals surface area contributed by atoms with Crippen molar-refractivity contribution in [3.8, 4) is 0 Å². The number of pyridine rings is 1. The molecule has 2 rings (SSSR count). The lowest BCUT2D eigenvalue weighted by molar-refractivity contribution is 0.598. The van der Waals surface area contributed by atoms with Crippen LogP contribution in [0.4, 0.5) is 5.69 Å². The Kier molecular flexibility index (Phi) is 3.36. The molecule has 0 aliphatic carbocycles. The smallest absolute Gasteiger partial charge is 0.279 e. The minimum atomic E-state index is -3.67. The molecule has 17 heavy (non-hydrogen) atoms. The van der Waals surface area contributed by atoms with Crippen LogP contribution in [-0.4, -0.2) is 23.4 Å². The van der Waals surface area contributed by atoms with E-state index in [1.807, 2.05) is 0 Å². The predicted octanol–water partition coefficient (Wildman–Crippen LogP) is 2.02. The summed E-state index contributed by atoms with van der Waals surface area (Å²) in [5.41, 5.74) is 0.302. The van der Waals surface area contributed by atoms with Crippen molar-refractivity contribution < 1.29 is 8.42 Å². The Labute approximate surface area is 111 Å². The fourth-order valence-corrected chi connectivity index (χ4v) is 2.47. The molecule has 0 bridgehead atoms. The zero-order valence-electron chi connectivity index (χ0n) is 8.18. The third kappa shape index (κ3) is 2.76. The second-order valence-electron chi connectivity index (χ2n) is 3.02. The van der Waals surface area contributed by atoms with Gasteiger partial charge >= 0.3 is 0 Å². The van der Waals surface area contributed by atoms with E-state index in [0.29, 0.717) is 10.2 Å². The van der Waals surface area contributed by atoms with Crippen molar-refractivity contribution in [2.24, 2.45) is 0 Å². The Bertz CT molecular complexity index is 629. The Hall–Kier alpha value is -1.12. The summed E-state index contributed by atoms with van der Waals surface area (Å²) in [6.07, 6.45) is 3.81. The number of hydrogen-bond donors (Lipinski definition) is 2. The van der Waals surface area contributed by atoms with Crippen LogP contribution in [0.1, 0.15) is 0 Å². The average Bonchev–Trinajstić information content (AvgIpc) is 2.77. The highest BCUT2D eigenvalue weighted by atomic mass is 79.9. The quantitative estimate of drug-likeness (QED) is 0.839. The normalized spacial score (nSPS) is 11.4. The third-order valence-corrected chi connectivity index (χ3v) is 4.25. The van der Waals surface area contributed by atoms with Crippen molar-refractivity contribution in [3.05, 3.63) is 34.4 Å². The number of H-pyrrole nitrogens is 1. The van der Waals surface area contributed by atoms with Crippen LogP contribution in [0, 0.1) is 0 Å². The number of hydrogen-bond acceptors (Lipinski definition) is 4. The van der Waals surface area contributed by atoms with E-state index in [2.05, 4.69) is 35.6 Å². The molecule has 0 fully saturated rings. The van der Waals surface area contributed by atoms with E-state index in [1.165, 1.54) is 24.8 Å². The molecule has 2 aromatic rings.